The number of benzene rings is 2. The third-order valence-electron chi connectivity index (χ3n) is 3.92. The molecule has 0 radical (unpaired) electrons. The Morgan fingerprint density at radius 3 is 1.70 bits per heavy atom. The van der Waals surface area contributed by atoms with Crippen LogP contribution in [0.3, 0.4) is 0 Å². The van der Waals surface area contributed by atoms with E-state index in [1.807, 2.05) is 36.4 Å². The molecule has 0 aliphatic rings. The second kappa shape index (κ2) is 11.0. The van der Waals surface area contributed by atoms with Crippen LogP contribution < -0.4 is 24.8 Å². The van der Waals surface area contributed by atoms with Crippen molar-refractivity contribution in [1.82, 2.24) is 10.6 Å². The standard InChI is InChI=1S/C21H28N2O4/c1-16(2)17-4-6-19(7-5-17)26-14-12-22-21(24)23-13-15-27-20-10-8-18(25-3)9-11-20/h4-11,16H,12-15H2,1-3H3,(H2,22,23,24). The highest BCUT2D eigenvalue weighted by Crippen LogP contribution is 2.18. The molecule has 6 heteroatoms. The van der Waals surface area contributed by atoms with E-state index in [2.05, 4.69) is 36.6 Å². The molecule has 146 valence electrons. The first kappa shape index (κ1) is 20.4. The van der Waals surface area contributed by atoms with E-state index in [9.17, 15) is 4.79 Å². The summed E-state index contributed by atoms with van der Waals surface area (Å²) in [4.78, 5) is 11.7. The number of carbonyl (C=O) groups excluding carboxylic acids is 1. The van der Waals surface area contributed by atoms with E-state index in [4.69, 9.17) is 14.2 Å². The van der Waals surface area contributed by atoms with Gasteiger partial charge in [0.1, 0.15) is 30.5 Å². The van der Waals surface area contributed by atoms with Gasteiger partial charge in [0.05, 0.1) is 20.2 Å². The molecular weight excluding hydrogens is 344 g/mol. The topological polar surface area (TPSA) is 68.8 Å². The lowest BCUT2D eigenvalue weighted by molar-refractivity contribution is 0.232. The average molecular weight is 372 g/mol. The zero-order valence-corrected chi connectivity index (χ0v) is 16.2. The van der Waals surface area contributed by atoms with Gasteiger partial charge in [-0.1, -0.05) is 26.0 Å². The molecule has 0 aliphatic carbocycles. The highest BCUT2D eigenvalue weighted by Gasteiger charge is 2.02. The Bertz CT molecular complexity index is 684. The van der Waals surface area contributed by atoms with Gasteiger partial charge in [-0.3, -0.25) is 0 Å². The van der Waals surface area contributed by atoms with Gasteiger partial charge in [0.15, 0.2) is 0 Å². The van der Waals surface area contributed by atoms with Crippen molar-refractivity contribution in [1.29, 1.82) is 0 Å². The second-order valence-electron chi connectivity index (χ2n) is 6.28. The molecule has 6 nitrogen and oxygen atoms in total. The first-order valence-electron chi connectivity index (χ1n) is 9.10. The van der Waals surface area contributed by atoms with Gasteiger partial charge < -0.3 is 24.8 Å². The summed E-state index contributed by atoms with van der Waals surface area (Å²) in [5.41, 5.74) is 1.27. The fraction of sp³-hybridized carbons (Fsp3) is 0.381. The molecule has 0 spiro atoms. The average Bonchev–Trinajstić information content (AvgIpc) is 2.69. The third-order valence-corrected chi connectivity index (χ3v) is 3.92. The predicted octanol–water partition coefficient (Wildman–Crippen LogP) is 3.58. The first-order chi connectivity index (χ1) is 13.1. The van der Waals surface area contributed by atoms with Crippen LogP contribution in [-0.2, 0) is 0 Å². The highest BCUT2D eigenvalue weighted by molar-refractivity contribution is 5.73. The van der Waals surface area contributed by atoms with Gasteiger partial charge >= 0.3 is 6.03 Å². The Morgan fingerprint density at radius 1 is 0.815 bits per heavy atom. The maximum Gasteiger partial charge on any atom is 0.315 e. The fourth-order valence-electron chi connectivity index (χ4n) is 2.35. The molecule has 0 aliphatic heterocycles. The van der Waals surface area contributed by atoms with Crippen LogP contribution in [-0.4, -0.2) is 39.4 Å². The summed E-state index contributed by atoms with van der Waals surface area (Å²) in [7, 11) is 1.62. The van der Waals surface area contributed by atoms with Crippen LogP contribution in [0, 0.1) is 0 Å². The van der Waals surface area contributed by atoms with Gasteiger partial charge in [0.2, 0.25) is 0 Å². The van der Waals surface area contributed by atoms with Crippen LogP contribution in [0.25, 0.3) is 0 Å². The number of rotatable bonds is 10. The van der Waals surface area contributed by atoms with Gasteiger partial charge in [-0.2, -0.15) is 0 Å². The van der Waals surface area contributed by atoms with Crippen molar-refractivity contribution in [3.05, 3.63) is 54.1 Å². The first-order valence-corrected chi connectivity index (χ1v) is 9.10. The summed E-state index contributed by atoms with van der Waals surface area (Å²) >= 11 is 0. The van der Waals surface area contributed by atoms with Crippen LogP contribution in [0.1, 0.15) is 25.3 Å². The van der Waals surface area contributed by atoms with E-state index in [1.54, 1.807) is 7.11 Å². The molecule has 0 fully saturated rings. The lowest BCUT2D eigenvalue weighted by atomic mass is 10.0. The zero-order chi connectivity index (χ0) is 19.5. The van der Waals surface area contributed by atoms with Crippen molar-refractivity contribution < 1.29 is 19.0 Å². The monoisotopic (exact) mass is 372 g/mol. The number of amides is 2. The Hall–Kier alpha value is -2.89. The number of nitrogens with one attached hydrogen (secondary N) is 2. The Morgan fingerprint density at radius 2 is 1.26 bits per heavy atom. The predicted molar refractivity (Wildman–Crippen MR) is 106 cm³/mol. The Labute approximate surface area is 160 Å². The van der Waals surface area contributed by atoms with Crippen molar-refractivity contribution in [3.63, 3.8) is 0 Å². The fourth-order valence-corrected chi connectivity index (χ4v) is 2.35. The number of hydrogen-bond acceptors (Lipinski definition) is 4. The number of carbonyl (C=O) groups is 1. The van der Waals surface area contributed by atoms with Crippen LogP contribution in [0.15, 0.2) is 48.5 Å². The normalized spacial score (nSPS) is 10.4. The summed E-state index contributed by atoms with van der Waals surface area (Å²) in [6.07, 6.45) is 0. The van der Waals surface area contributed by atoms with Crippen LogP contribution >= 0.6 is 0 Å². The summed E-state index contributed by atoms with van der Waals surface area (Å²) in [5, 5.41) is 5.49. The summed E-state index contributed by atoms with van der Waals surface area (Å²) in [6.45, 7) is 5.95. The maximum absolute atomic E-state index is 11.7. The van der Waals surface area contributed by atoms with E-state index >= 15 is 0 Å². The van der Waals surface area contributed by atoms with Crippen LogP contribution in [0.4, 0.5) is 4.79 Å². The Kier molecular flexibility index (Phi) is 8.29. The zero-order valence-electron chi connectivity index (χ0n) is 16.2. The van der Waals surface area contributed by atoms with Crippen molar-refractivity contribution in [2.24, 2.45) is 0 Å². The number of hydrogen-bond donors (Lipinski definition) is 2. The molecule has 0 atom stereocenters. The van der Waals surface area contributed by atoms with Gasteiger partial charge in [-0.05, 0) is 47.9 Å². The van der Waals surface area contributed by atoms with Crippen molar-refractivity contribution >= 4 is 6.03 Å². The molecule has 2 amide bonds. The molecule has 0 heterocycles. The third kappa shape index (κ3) is 7.48. The van der Waals surface area contributed by atoms with E-state index < -0.39 is 0 Å². The van der Waals surface area contributed by atoms with E-state index in [0.29, 0.717) is 32.2 Å². The molecule has 27 heavy (non-hydrogen) atoms. The van der Waals surface area contributed by atoms with E-state index in [-0.39, 0.29) is 6.03 Å². The van der Waals surface area contributed by atoms with Crippen molar-refractivity contribution in [2.45, 2.75) is 19.8 Å². The molecule has 0 bridgehead atoms. The molecule has 0 aromatic heterocycles. The minimum atomic E-state index is -0.243. The van der Waals surface area contributed by atoms with Crippen LogP contribution in [0.2, 0.25) is 0 Å². The molecule has 2 rings (SSSR count). The SMILES string of the molecule is COc1ccc(OCCNC(=O)NCCOc2ccc(C(C)C)cc2)cc1. The van der Waals surface area contributed by atoms with Gasteiger partial charge in [-0.25, -0.2) is 4.79 Å². The largest absolute Gasteiger partial charge is 0.497 e. The molecular formula is C21H28N2O4. The van der Waals surface area contributed by atoms with Gasteiger partial charge in [0, 0.05) is 0 Å². The maximum atomic E-state index is 11.7. The second-order valence-corrected chi connectivity index (χ2v) is 6.28. The minimum absolute atomic E-state index is 0.243. The summed E-state index contributed by atoms with van der Waals surface area (Å²) in [6, 6.07) is 15.1. The molecule has 2 aromatic rings. The van der Waals surface area contributed by atoms with Gasteiger partial charge in [0.25, 0.3) is 0 Å². The number of methoxy groups -OCH3 is 1. The van der Waals surface area contributed by atoms with Gasteiger partial charge in [-0.15, -0.1) is 0 Å². The van der Waals surface area contributed by atoms with Crippen molar-refractivity contribution in [3.8, 4) is 17.2 Å². The molecule has 0 unspecified atom stereocenters. The van der Waals surface area contributed by atoms with E-state index in [1.165, 1.54) is 5.56 Å². The molecule has 0 saturated carbocycles. The van der Waals surface area contributed by atoms with Crippen LogP contribution in [0.5, 0.6) is 17.2 Å². The lowest BCUT2D eigenvalue weighted by Gasteiger charge is -2.11. The highest BCUT2D eigenvalue weighted by atomic mass is 16.5. The van der Waals surface area contributed by atoms with E-state index in [0.717, 1.165) is 17.2 Å². The lowest BCUT2D eigenvalue weighted by Crippen LogP contribution is -2.39. The molecule has 2 N–H and O–H groups in total. The molecule has 0 saturated heterocycles. The quantitative estimate of drug-likeness (QED) is 0.626. The summed E-state index contributed by atoms with van der Waals surface area (Å²) < 4.78 is 16.2. The number of ether oxygens (including phenoxy) is 3. The molecule has 2 aromatic carbocycles. The smallest absolute Gasteiger partial charge is 0.315 e. The Balaban J connectivity index is 1.54. The summed E-state index contributed by atoms with van der Waals surface area (Å²) in [5.74, 6) is 2.81. The number of urea groups is 1. The van der Waals surface area contributed by atoms with Crippen molar-refractivity contribution in [2.75, 3.05) is 33.4 Å². The minimum Gasteiger partial charge on any atom is -0.497 e.